The molecule has 0 radical (unpaired) electrons. The van der Waals surface area contributed by atoms with E-state index in [0.29, 0.717) is 17.8 Å². The number of anilines is 1. The molecule has 0 saturated carbocycles. The number of benzene rings is 1. The first-order valence-electron chi connectivity index (χ1n) is 5.94. The molecule has 7 heteroatoms. The highest BCUT2D eigenvalue weighted by atomic mass is 79.9. The molecule has 0 atom stereocenters. The zero-order valence-electron chi connectivity index (χ0n) is 10.2. The predicted octanol–water partition coefficient (Wildman–Crippen LogP) is 2.07. The Kier molecular flexibility index (Phi) is 4.47. The molecule has 0 bridgehead atoms. The minimum atomic E-state index is -2.84. The summed E-state index contributed by atoms with van der Waals surface area (Å²) in [5.74, 6) is 0.474. The molecule has 1 aliphatic rings. The van der Waals surface area contributed by atoms with Crippen LogP contribution in [0.5, 0.6) is 0 Å². The van der Waals surface area contributed by atoms with Crippen molar-refractivity contribution in [3.63, 3.8) is 0 Å². The van der Waals surface area contributed by atoms with E-state index in [1.165, 1.54) is 0 Å². The normalized spacial score (nSPS) is 19.0. The topological polar surface area (TPSA) is 72.2 Å². The number of hydrogen-bond donors (Lipinski definition) is 2. The largest absolute Gasteiger partial charge is 0.389 e. The van der Waals surface area contributed by atoms with Gasteiger partial charge in [-0.1, -0.05) is 18.3 Å². The lowest BCUT2D eigenvalue weighted by Gasteiger charge is -2.25. The van der Waals surface area contributed by atoms with E-state index < -0.39 is 9.84 Å². The molecule has 2 rings (SSSR count). The van der Waals surface area contributed by atoms with Gasteiger partial charge in [0, 0.05) is 21.8 Å². The van der Waals surface area contributed by atoms with Crippen LogP contribution in [0.15, 0.2) is 22.7 Å². The molecule has 1 aromatic carbocycles. The second-order valence-corrected chi connectivity index (χ2v) is 8.19. The Bertz CT molecular complexity index is 588. The second kappa shape index (κ2) is 5.76. The van der Waals surface area contributed by atoms with Crippen molar-refractivity contribution in [2.75, 3.05) is 16.8 Å². The smallest absolute Gasteiger partial charge is 0.150 e. The van der Waals surface area contributed by atoms with Crippen LogP contribution < -0.4 is 11.1 Å². The Morgan fingerprint density at radius 2 is 2.00 bits per heavy atom. The third-order valence-electron chi connectivity index (χ3n) is 3.17. The summed E-state index contributed by atoms with van der Waals surface area (Å²) >= 11 is 8.48. The van der Waals surface area contributed by atoms with E-state index in [1.54, 1.807) is 0 Å². The monoisotopic (exact) mass is 362 g/mol. The summed E-state index contributed by atoms with van der Waals surface area (Å²) in [5, 5.41) is 3.35. The van der Waals surface area contributed by atoms with Gasteiger partial charge in [0.15, 0.2) is 0 Å². The molecule has 104 valence electrons. The van der Waals surface area contributed by atoms with Gasteiger partial charge in [0.2, 0.25) is 0 Å². The molecule has 1 fully saturated rings. The van der Waals surface area contributed by atoms with Crippen LogP contribution >= 0.6 is 28.1 Å². The summed E-state index contributed by atoms with van der Waals surface area (Å²) in [7, 11) is -2.84. The SMILES string of the molecule is NC(=S)c1c(Br)cccc1NC1CCS(=O)(=O)CC1. The molecule has 0 aromatic heterocycles. The first-order valence-corrected chi connectivity index (χ1v) is 8.96. The van der Waals surface area contributed by atoms with Crippen molar-refractivity contribution in [2.24, 2.45) is 5.73 Å². The van der Waals surface area contributed by atoms with Crippen molar-refractivity contribution in [1.82, 2.24) is 0 Å². The lowest BCUT2D eigenvalue weighted by molar-refractivity contribution is 0.559. The first-order chi connectivity index (χ1) is 8.89. The Labute approximate surface area is 126 Å². The van der Waals surface area contributed by atoms with Gasteiger partial charge in [-0.05, 0) is 40.9 Å². The fourth-order valence-electron chi connectivity index (χ4n) is 2.15. The van der Waals surface area contributed by atoms with Gasteiger partial charge in [-0.15, -0.1) is 0 Å². The Balaban J connectivity index is 2.16. The minimum Gasteiger partial charge on any atom is -0.389 e. The number of thiocarbonyl (C=S) groups is 1. The van der Waals surface area contributed by atoms with Crippen molar-refractivity contribution in [1.29, 1.82) is 0 Å². The predicted molar refractivity (Wildman–Crippen MR) is 85.3 cm³/mol. The van der Waals surface area contributed by atoms with Crippen LogP contribution in [0.4, 0.5) is 5.69 Å². The zero-order valence-corrected chi connectivity index (χ0v) is 13.4. The fraction of sp³-hybridized carbons (Fsp3) is 0.417. The van der Waals surface area contributed by atoms with Crippen LogP contribution in [0.3, 0.4) is 0 Å². The average molecular weight is 363 g/mol. The molecular weight excluding hydrogens is 348 g/mol. The molecule has 1 aromatic rings. The van der Waals surface area contributed by atoms with Crippen LogP contribution in [-0.4, -0.2) is 31.0 Å². The maximum atomic E-state index is 11.4. The second-order valence-electron chi connectivity index (χ2n) is 4.60. The summed E-state index contributed by atoms with van der Waals surface area (Å²) < 4.78 is 23.6. The third-order valence-corrected chi connectivity index (χ3v) is 5.75. The van der Waals surface area contributed by atoms with Crippen molar-refractivity contribution >= 4 is 48.7 Å². The molecule has 0 aliphatic carbocycles. The lowest BCUT2D eigenvalue weighted by atomic mass is 10.1. The summed E-state index contributed by atoms with van der Waals surface area (Å²) in [6.07, 6.45) is 1.23. The third kappa shape index (κ3) is 3.67. The van der Waals surface area contributed by atoms with E-state index in [1.807, 2.05) is 18.2 Å². The number of nitrogens with one attached hydrogen (secondary N) is 1. The van der Waals surface area contributed by atoms with E-state index in [0.717, 1.165) is 15.7 Å². The number of rotatable bonds is 3. The highest BCUT2D eigenvalue weighted by molar-refractivity contribution is 9.10. The Morgan fingerprint density at radius 1 is 1.37 bits per heavy atom. The molecule has 0 unspecified atom stereocenters. The maximum absolute atomic E-state index is 11.4. The van der Waals surface area contributed by atoms with Crippen molar-refractivity contribution in [2.45, 2.75) is 18.9 Å². The van der Waals surface area contributed by atoms with E-state index in [-0.39, 0.29) is 17.5 Å². The molecule has 0 amide bonds. The van der Waals surface area contributed by atoms with Gasteiger partial charge >= 0.3 is 0 Å². The van der Waals surface area contributed by atoms with Crippen molar-refractivity contribution < 1.29 is 8.42 Å². The summed E-state index contributed by atoms with van der Waals surface area (Å²) in [4.78, 5) is 0.318. The minimum absolute atomic E-state index is 0.144. The standard InChI is InChI=1S/C12H15BrN2O2S2/c13-9-2-1-3-10(11(9)12(14)18)15-8-4-6-19(16,17)7-5-8/h1-3,8,15H,4-7H2,(H2,14,18). The molecule has 0 spiro atoms. The van der Waals surface area contributed by atoms with Crippen molar-refractivity contribution in [3.8, 4) is 0 Å². The van der Waals surface area contributed by atoms with Crippen LogP contribution in [-0.2, 0) is 9.84 Å². The molecule has 3 N–H and O–H groups in total. The van der Waals surface area contributed by atoms with Gasteiger partial charge in [0.05, 0.1) is 11.5 Å². The maximum Gasteiger partial charge on any atom is 0.150 e. The number of sulfone groups is 1. The molecule has 1 saturated heterocycles. The Hall–Kier alpha value is -0.660. The van der Waals surface area contributed by atoms with Crippen LogP contribution in [0.1, 0.15) is 18.4 Å². The number of halogens is 1. The van der Waals surface area contributed by atoms with Gasteiger partial charge in [-0.3, -0.25) is 0 Å². The van der Waals surface area contributed by atoms with Crippen LogP contribution in [0.2, 0.25) is 0 Å². The quantitative estimate of drug-likeness (QED) is 0.805. The van der Waals surface area contributed by atoms with Gasteiger partial charge in [0.1, 0.15) is 14.8 Å². The number of hydrogen-bond acceptors (Lipinski definition) is 4. The van der Waals surface area contributed by atoms with E-state index in [4.69, 9.17) is 18.0 Å². The summed E-state index contributed by atoms with van der Waals surface area (Å²) in [5.41, 5.74) is 7.35. The highest BCUT2D eigenvalue weighted by Crippen LogP contribution is 2.27. The summed E-state index contributed by atoms with van der Waals surface area (Å²) in [6, 6.07) is 5.83. The van der Waals surface area contributed by atoms with Gasteiger partial charge in [-0.25, -0.2) is 8.42 Å². The number of nitrogens with two attached hydrogens (primary N) is 1. The van der Waals surface area contributed by atoms with Gasteiger partial charge in [-0.2, -0.15) is 0 Å². The summed E-state index contributed by atoms with van der Waals surface area (Å²) in [6.45, 7) is 0. The molecule has 19 heavy (non-hydrogen) atoms. The molecule has 1 aliphatic heterocycles. The zero-order chi connectivity index (χ0) is 14.0. The van der Waals surface area contributed by atoms with E-state index in [9.17, 15) is 8.42 Å². The first kappa shape index (κ1) is 14.7. The molecular formula is C12H15BrN2O2S2. The van der Waals surface area contributed by atoms with Gasteiger partial charge in [0.25, 0.3) is 0 Å². The van der Waals surface area contributed by atoms with Crippen molar-refractivity contribution in [3.05, 3.63) is 28.2 Å². The average Bonchev–Trinajstić information content (AvgIpc) is 2.31. The molecule has 1 heterocycles. The van der Waals surface area contributed by atoms with Gasteiger partial charge < -0.3 is 11.1 Å². The molecule has 4 nitrogen and oxygen atoms in total. The van der Waals surface area contributed by atoms with Crippen LogP contribution in [0.25, 0.3) is 0 Å². The lowest BCUT2D eigenvalue weighted by Crippen LogP contribution is -2.32. The Morgan fingerprint density at radius 3 is 2.58 bits per heavy atom. The van der Waals surface area contributed by atoms with Crippen LogP contribution in [0, 0.1) is 0 Å². The fourth-order valence-corrected chi connectivity index (χ4v) is 4.57. The van der Waals surface area contributed by atoms with E-state index in [2.05, 4.69) is 21.2 Å². The van der Waals surface area contributed by atoms with E-state index >= 15 is 0 Å². The highest BCUT2D eigenvalue weighted by Gasteiger charge is 2.24.